The van der Waals surface area contributed by atoms with E-state index in [4.69, 9.17) is 0 Å². The fraction of sp³-hybridized carbons (Fsp3) is 0.444. The molecule has 1 aliphatic carbocycles. The molecule has 1 aliphatic rings. The summed E-state index contributed by atoms with van der Waals surface area (Å²) in [6.07, 6.45) is 13.4. The highest BCUT2D eigenvalue weighted by Gasteiger charge is 1.82. The van der Waals surface area contributed by atoms with E-state index in [1.165, 1.54) is 25.7 Å². The van der Waals surface area contributed by atoms with Crippen LogP contribution in [0.25, 0.3) is 0 Å². The second-order valence-electron chi connectivity index (χ2n) is 2.25. The monoisotopic (exact) mass is 120 g/mol. The normalized spacial score (nSPS) is 22.2. The highest BCUT2D eigenvalue weighted by atomic mass is 13.9. The Balaban J connectivity index is 2.48. The summed E-state index contributed by atoms with van der Waals surface area (Å²) in [6, 6.07) is 0. The van der Waals surface area contributed by atoms with E-state index in [0.717, 1.165) is 0 Å². The van der Waals surface area contributed by atoms with Crippen molar-refractivity contribution in [1.29, 1.82) is 0 Å². The van der Waals surface area contributed by atoms with Gasteiger partial charge in [0.25, 0.3) is 0 Å². The lowest BCUT2D eigenvalue weighted by atomic mass is 10.2. The summed E-state index contributed by atoms with van der Waals surface area (Å²) in [5, 5.41) is 0. The zero-order valence-corrected chi connectivity index (χ0v) is 5.64. The van der Waals surface area contributed by atoms with Gasteiger partial charge in [-0.25, -0.2) is 0 Å². The smallest absolute Gasteiger partial charge is 0.0206 e. The van der Waals surface area contributed by atoms with E-state index in [2.05, 4.69) is 24.0 Å². The van der Waals surface area contributed by atoms with Crippen LogP contribution in [0.1, 0.15) is 25.7 Å². The van der Waals surface area contributed by atoms with Crippen LogP contribution in [0.3, 0.4) is 0 Å². The Kier molecular flexibility index (Phi) is 2.96. The second kappa shape index (κ2) is 4.17. The minimum absolute atomic E-state index is 1.19. The van der Waals surface area contributed by atoms with Gasteiger partial charge in [-0.15, -0.1) is 5.73 Å². The van der Waals surface area contributed by atoms with Crippen LogP contribution in [0.15, 0.2) is 30.0 Å². The molecular formula is C9H12. The molecule has 0 amide bonds. The molecule has 0 atom stereocenters. The molecule has 9 heavy (non-hydrogen) atoms. The third-order valence-electron chi connectivity index (χ3n) is 1.42. The molecule has 0 heterocycles. The zero-order chi connectivity index (χ0) is 6.36. The Morgan fingerprint density at radius 2 is 2.00 bits per heavy atom. The topological polar surface area (TPSA) is 0 Å². The summed E-state index contributed by atoms with van der Waals surface area (Å²) in [7, 11) is 0. The fourth-order valence-electron chi connectivity index (χ4n) is 0.880. The Morgan fingerprint density at radius 1 is 1.11 bits per heavy atom. The van der Waals surface area contributed by atoms with Gasteiger partial charge in [-0.1, -0.05) is 12.2 Å². The van der Waals surface area contributed by atoms with Gasteiger partial charge in [-0.3, -0.25) is 0 Å². The van der Waals surface area contributed by atoms with Crippen LogP contribution in [-0.4, -0.2) is 0 Å². The van der Waals surface area contributed by atoms with Crippen molar-refractivity contribution >= 4 is 0 Å². The van der Waals surface area contributed by atoms with Gasteiger partial charge < -0.3 is 0 Å². The lowest BCUT2D eigenvalue weighted by molar-refractivity contribution is 0.763. The van der Waals surface area contributed by atoms with E-state index < -0.39 is 0 Å². The molecule has 0 saturated heterocycles. The van der Waals surface area contributed by atoms with Crippen molar-refractivity contribution in [2.75, 3.05) is 0 Å². The molecule has 0 nitrogen and oxygen atoms in total. The molecular weight excluding hydrogens is 108 g/mol. The van der Waals surface area contributed by atoms with Crippen molar-refractivity contribution in [2.45, 2.75) is 25.7 Å². The largest absolute Gasteiger partial charge is 0.125 e. The summed E-state index contributed by atoms with van der Waals surface area (Å²) in [5.41, 5.74) is 3.09. The quantitative estimate of drug-likeness (QED) is 0.431. The van der Waals surface area contributed by atoms with E-state index in [1.807, 2.05) is 6.08 Å². The van der Waals surface area contributed by atoms with Crippen molar-refractivity contribution < 1.29 is 0 Å². The van der Waals surface area contributed by atoms with E-state index in [9.17, 15) is 0 Å². The number of allylic oxidation sites excluding steroid dienone is 3. The molecule has 48 valence electrons. The average molecular weight is 120 g/mol. The first-order valence-corrected chi connectivity index (χ1v) is 3.56. The highest BCUT2D eigenvalue weighted by molar-refractivity contribution is 5.03. The number of hydrogen-bond acceptors (Lipinski definition) is 0. The van der Waals surface area contributed by atoms with Crippen molar-refractivity contribution in [3.63, 3.8) is 0 Å². The maximum Gasteiger partial charge on any atom is -0.0206 e. The third kappa shape index (κ3) is 2.94. The summed E-state index contributed by atoms with van der Waals surface area (Å²) in [4.78, 5) is 0. The predicted molar refractivity (Wildman–Crippen MR) is 40.3 cm³/mol. The molecule has 0 heteroatoms. The van der Waals surface area contributed by atoms with E-state index in [-0.39, 0.29) is 0 Å². The minimum Gasteiger partial charge on any atom is -0.125 e. The van der Waals surface area contributed by atoms with Gasteiger partial charge in [0.1, 0.15) is 0 Å². The first kappa shape index (κ1) is 6.38. The molecule has 0 spiro atoms. The summed E-state index contributed by atoms with van der Waals surface area (Å²) in [6.45, 7) is 0. The summed E-state index contributed by atoms with van der Waals surface area (Å²) < 4.78 is 0. The molecule has 0 radical (unpaired) electrons. The lowest BCUT2D eigenvalue weighted by Gasteiger charge is -1.88. The first-order chi connectivity index (χ1) is 4.50. The van der Waals surface area contributed by atoms with Crippen molar-refractivity contribution in [2.24, 2.45) is 0 Å². The second-order valence-corrected chi connectivity index (χ2v) is 2.25. The van der Waals surface area contributed by atoms with E-state index >= 15 is 0 Å². The maximum absolute atomic E-state index is 3.09. The van der Waals surface area contributed by atoms with Crippen molar-refractivity contribution in [3.8, 4) is 0 Å². The molecule has 0 unspecified atom stereocenters. The molecule has 0 aromatic rings. The zero-order valence-electron chi connectivity index (χ0n) is 5.64. The van der Waals surface area contributed by atoms with Gasteiger partial charge in [-0.2, -0.15) is 0 Å². The van der Waals surface area contributed by atoms with Crippen LogP contribution < -0.4 is 0 Å². The van der Waals surface area contributed by atoms with Crippen molar-refractivity contribution in [3.05, 3.63) is 30.0 Å². The molecule has 0 aromatic carbocycles. The number of hydrogen-bond donors (Lipinski definition) is 0. The standard InChI is InChI=1S/C9H12/c1-2-4-6-8-9-7-5-3-1/h1-3,7H,4,6,8-9H2/b2-1-. The van der Waals surface area contributed by atoms with Crippen LogP contribution in [0, 0.1) is 0 Å². The number of rotatable bonds is 0. The van der Waals surface area contributed by atoms with Crippen LogP contribution >= 0.6 is 0 Å². The molecule has 0 N–H and O–H groups in total. The minimum atomic E-state index is 1.19. The Morgan fingerprint density at radius 3 is 3.00 bits per heavy atom. The van der Waals surface area contributed by atoms with Gasteiger partial charge in [-0.05, 0) is 37.8 Å². The Labute approximate surface area is 56.6 Å². The van der Waals surface area contributed by atoms with Crippen LogP contribution in [0.4, 0.5) is 0 Å². The van der Waals surface area contributed by atoms with Gasteiger partial charge in [0.15, 0.2) is 0 Å². The summed E-state index contributed by atoms with van der Waals surface area (Å²) >= 11 is 0. The van der Waals surface area contributed by atoms with Crippen molar-refractivity contribution in [1.82, 2.24) is 0 Å². The average Bonchev–Trinajstić information content (AvgIpc) is 2.00. The Hall–Kier alpha value is -0.740. The molecule has 0 saturated carbocycles. The first-order valence-electron chi connectivity index (χ1n) is 3.56. The predicted octanol–water partition coefficient (Wildman–Crippen LogP) is 2.83. The van der Waals surface area contributed by atoms with Gasteiger partial charge >= 0.3 is 0 Å². The van der Waals surface area contributed by atoms with E-state index in [0.29, 0.717) is 0 Å². The molecule has 0 aliphatic heterocycles. The lowest BCUT2D eigenvalue weighted by Crippen LogP contribution is -1.69. The molecule has 1 rings (SSSR count). The fourth-order valence-corrected chi connectivity index (χ4v) is 0.880. The third-order valence-corrected chi connectivity index (χ3v) is 1.42. The van der Waals surface area contributed by atoms with Gasteiger partial charge in [0.2, 0.25) is 0 Å². The maximum atomic E-state index is 3.09. The van der Waals surface area contributed by atoms with Gasteiger partial charge in [0, 0.05) is 0 Å². The van der Waals surface area contributed by atoms with E-state index in [1.54, 1.807) is 0 Å². The van der Waals surface area contributed by atoms with Crippen LogP contribution in [-0.2, 0) is 0 Å². The van der Waals surface area contributed by atoms with Gasteiger partial charge in [0.05, 0.1) is 0 Å². The summed E-state index contributed by atoms with van der Waals surface area (Å²) in [5.74, 6) is 0. The molecule has 0 bridgehead atoms. The molecule has 0 aromatic heterocycles. The highest BCUT2D eigenvalue weighted by Crippen LogP contribution is 2.02. The SMILES string of the molecule is C1=C/C=C\CCCCC=1. The van der Waals surface area contributed by atoms with Crippen LogP contribution in [0.2, 0.25) is 0 Å². The van der Waals surface area contributed by atoms with Crippen LogP contribution in [0.5, 0.6) is 0 Å². The molecule has 0 fully saturated rings. The Bertz CT molecular complexity index is 145.